The van der Waals surface area contributed by atoms with Gasteiger partial charge in [-0.1, -0.05) is 57.2 Å². The van der Waals surface area contributed by atoms with Crippen molar-refractivity contribution in [2.24, 2.45) is 11.3 Å². The van der Waals surface area contributed by atoms with Gasteiger partial charge in [-0.15, -0.1) is 0 Å². The van der Waals surface area contributed by atoms with E-state index in [0.29, 0.717) is 5.92 Å². The van der Waals surface area contributed by atoms with Gasteiger partial charge in [0.2, 0.25) is 0 Å². The quantitative estimate of drug-likeness (QED) is 0.535. The summed E-state index contributed by atoms with van der Waals surface area (Å²) in [6.07, 6.45) is 12.9. The fraction of sp³-hybridized carbons (Fsp3) is 0.455. The third-order valence-corrected chi connectivity index (χ3v) is 2.49. The average Bonchev–Trinajstić information content (AvgIpc) is 2.15. The fourth-order valence-corrected chi connectivity index (χ4v) is 1.09. The summed E-state index contributed by atoms with van der Waals surface area (Å²) < 4.78 is 0. The number of rotatable bonds is 1. The lowest BCUT2D eigenvalue weighted by molar-refractivity contribution is 0.383. The van der Waals surface area contributed by atoms with E-state index in [1.165, 1.54) is 0 Å². The SMILES string of the molecule is CC(C)C1(C)C=CC=CC=C1. The van der Waals surface area contributed by atoms with Crippen LogP contribution in [0.15, 0.2) is 36.5 Å². The Bertz CT molecular complexity index is 188. The fourth-order valence-electron chi connectivity index (χ4n) is 1.09. The zero-order chi connectivity index (χ0) is 8.32. The van der Waals surface area contributed by atoms with Crippen molar-refractivity contribution < 1.29 is 0 Å². The van der Waals surface area contributed by atoms with E-state index in [0.717, 1.165) is 0 Å². The van der Waals surface area contributed by atoms with Gasteiger partial charge in [0.15, 0.2) is 0 Å². The van der Waals surface area contributed by atoms with Crippen LogP contribution < -0.4 is 0 Å². The van der Waals surface area contributed by atoms with Gasteiger partial charge in [-0.3, -0.25) is 0 Å². The first-order valence-electron chi connectivity index (χ1n) is 4.19. The molecule has 0 nitrogen and oxygen atoms in total. The topological polar surface area (TPSA) is 0 Å². The highest BCUT2D eigenvalue weighted by Crippen LogP contribution is 2.31. The van der Waals surface area contributed by atoms with Crippen molar-refractivity contribution in [3.05, 3.63) is 36.5 Å². The smallest absolute Gasteiger partial charge is 0.00618 e. The van der Waals surface area contributed by atoms with Gasteiger partial charge < -0.3 is 0 Å². The Labute approximate surface area is 69.3 Å². The molecule has 0 heteroatoms. The molecule has 1 aliphatic carbocycles. The van der Waals surface area contributed by atoms with Crippen LogP contribution in [0.25, 0.3) is 0 Å². The van der Waals surface area contributed by atoms with E-state index in [9.17, 15) is 0 Å². The molecule has 0 bridgehead atoms. The largest absolute Gasteiger partial charge is 0.0746 e. The third-order valence-electron chi connectivity index (χ3n) is 2.49. The average molecular weight is 148 g/mol. The Morgan fingerprint density at radius 1 is 0.909 bits per heavy atom. The van der Waals surface area contributed by atoms with Gasteiger partial charge in [0.1, 0.15) is 0 Å². The van der Waals surface area contributed by atoms with Crippen molar-refractivity contribution in [3.63, 3.8) is 0 Å². The molecule has 0 spiro atoms. The second-order valence-electron chi connectivity index (χ2n) is 3.62. The molecule has 0 atom stereocenters. The molecule has 11 heavy (non-hydrogen) atoms. The van der Waals surface area contributed by atoms with E-state index in [1.807, 2.05) is 0 Å². The molecule has 0 amide bonds. The Balaban J connectivity index is 2.87. The Morgan fingerprint density at radius 2 is 1.36 bits per heavy atom. The van der Waals surface area contributed by atoms with Crippen molar-refractivity contribution in [2.75, 3.05) is 0 Å². The first kappa shape index (κ1) is 8.32. The van der Waals surface area contributed by atoms with Crippen LogP contribution in [-0.2, 0) is 0 Å². The molecule has 0 aliphatic heterocycles. The molecule has 1 rings (SSSR count). The maximum Gasteiger partial charge on any atom is 0.00618 e. The van der Waals surface area contributed by atoms with E-state index >= 15 is 0 Å². The van der Waals surface area contributed by atoms with Crippen LogP contribution in [0.1, 0.15) is 20.8 Å². The molecule has 0 saturated heterocycles. The highest BCUT2D eigenvalue weighted by atomic mass is 14.3. The van der Waals surface area contributed by atoms with Gasteiger partial charge in [0.25, 0.3) is 0 Å². The Morgan fingerprint density at radius 3 is 1.73 bits per heavy atom. The summed E-state index contributed by atoms with van der Waals surface area (Å²) in [5.41, 5.74) is 0.240. The molecule has 1 aliphatic rings. The van der Waals surface area contributed by atoms with Crippen molar-refractivity contribution in [2.45, 2.75) is 20.8 Å². The van der Waals surface area contributed by atoms with Crippen molar-refractivity contribution >= 4 is 0 Å². The number of hydrogen-bond donors (Lipinski definition) is 0. The van der Waals surface area contributed by atoms with E-state index in [-0.39, 0.29) is 5.41 Å². The maximum absolute atomic E-state index is 2.26. The zero-order valence-electron chi connectivity index (χ0n) is 7.54. The van der Waals surface area contributed by atoms with Crippen LogP contribution in [-0.4, -0.2) is 0 Å². The molecule has 0 saturated carbocycles. The van der Waals surface area contributed by atoms with Crippen molar-refractivity contribution in [1.29, 1.82) is 0 Å². The lowest BCUT2D eigenvalue weighted by Crippen LogP contribution is -2.17. The molecule has 0 aromatic rings. The molecule has 0 heterocycles. The maximum atomic E-state index is 2.26. The minimum absolute atomic E-state index is 0.240. The summed E-state index contributed by atoms with van der Waals surface area (Å²) in [5.74, 6) is 0.662. The van der Waals surface area contributed by atoms with Crippen LogP contribution in [0.5, 0.6) is 0 Å². The van der Waals surface area contributed by atoms with E-state index in [2.05, 4.69) is 57.2 Å². The first-order chi connectivity index (χ1) is 5.15. The van der Waals surface area contributed by atoms with Gasteiger partial charge in [0, 0.05) is 5.41 Å². The molecular formula is C11H16. The lowest BCUT2D eigenvalue weighted by atomic mass is 9.79. The molecule has 0 N–H and O–H groups in total. The molecular weight excluding hydrogens is 132 g/mol. The molecule has 0 unspecified atom stereocenters. The van der Waals surface area contributed by atoms with Crippen LogP contribution in [0.3, 0.4) is 0 Å². The van der Waals surface area contributed by atoms with Crippen LogP contribution in [0.2, 0.25) is 0 Å². The van der Waals surface area contributed by atoms with Gasteiger partial charge in [-0.05, 0) is 5.92 Å². The highest BCUT2D eigenvalue weighted by molar-refractivity contribution is 5.24. The summed E-state index contributed by atoms with van der Waals surface area (Å²) in [7, 11) is 0. The molecule has 60 valence electrons. The standard InChI is InChI=1S/C11H16/c1-10(2)11(3)8-6-4-5-7-9-11/h4-10H,1-3H3. The zero-order valence-corrected chi connectivity index (χ0v) is 7.54. The van der Waals surface area contributed by atoms with Gasteiger partial charge in [0.05, 0.1) is 0 Å². The molecule has 0 aromatic carbocycles. The predicted octanol–water partition coefficient (Wildman–Crippen LogP) is 3.33. The van der Waals surface area contributed by atoms with Crippen molar-refractivity contribution in [3.8, 4) is 0 Å². The van der Waals surface area contributed by atoms with Crippen molar-refractivity contribution in [1.82, 2.24) is 0 Å². The van der Waals surface area contributed by atoms with E-state index in [4.69, 9.17) is 0 Å². The predicted molar refractivity (Wildman–Crippen MR) is 50.4 cm³/mol. The molecule has 0 aromatic heterocycles. The monoisotopic (exact) mass is 148 g/mol. The summed E-state index contributed by atoms with van der Waals surface area (Å²) >= 11 is 0. The summed E-state index contributed by atoms with van der Waals surface area (Å²) in [6, 6.07) is 0. The Hall–Kier alpha value is -0.780. The van der Waals surface area contributed by atoms with Gasteiger partial charge in [-0.25, -0.2) is 0 Å². The number of allylic oxidation sites excluding steroid dienone is 6. The normalized spacial score (nSPS) is 20.7. The van der Waals surface area contributed by atoms with Crippen LogP contribution in [0, 0.1) is 11.3 Å². The highest BCUT2D eigenvalue weighted by Gasteiger charge is 2.21. The van der Waals surface area contributed by atoms with Crippen LogP contribution in [0.4, 0.5) is 0 Å². The first-order valence-corrected chi connectivity index (χ1v) is 4.19. The second-order valence-corrected chi connectivity index (χ2v) is 3.62. The summed E-state index contributed by atoms with van der Waals surface area (Å²) in [6.45, 7) is 6.76. The molecule has 0 fully saturated rings. The van der Waals surface area contributed by atoms with Gasteiger partial charge >= 0.3 is 0 Å². The summed E-state index contributed by atoms with van der Waals surface area (Å²) in [4.78, 5) is 0. The lowest BCUT2D eigenvalue weighted by Gasteiger charge is -2.26. The summed E-state index contributed by atoms with van der Waals surface area (Å²) in [5, 5.41) is 0. The minimum Gasteiger partial charge on any atom is -0.0746 e. The van der Waals surface area contributed by atoms with E-state index in [1.54, 1.807) is 0 Å². The van der Waals surface area contributed by atoms with Gasteiger partial charge in [-0.2, -0.15) is 0 Å². The second kappa shape index (κ2) is 3.08. The Kier molecular flexibility index (Phi) is 2.33. The third kappa shape index (κ3) is 1.83. The minimum atomic E-state index is 0.240. The molecule has 0 radical (unpaired) electrons. The van der Waals surface area contributed by atoms with E-state index < -0.39 is 0 Å². The van der Waals surface area contributed by atoms with Crippen LogP contribution >= 0.6 is 0 Å². The number of hydrogen-bond acceptors (Lipinski definition) is 0.